The summed E-state index contributed by atoms with van der Waals surface area (Å²) < 4.78 is 5.80. The summed E-state index contributed by atoms with van der Waals surface area (Å²) >= 11 is 0. The van der Waals surface area contributed by atoms with Crippen LogP contribution in [0.25, 0.3) is 0 Å². The molecule has 1 aliphatic rings. The van der Waals surface area contributed by atoms with Crippen LogP contribution in [0.3, 0.4) is 0 Å². The highest BCUT2D eigenvalue weighted by molar-refractivity contribution is 5.52. The van der Waals surface area contributed by atoms with Crippen molar-refractivity contribution in [3.63, 3.8) is 0 Å². The van der Waals surface area contributed by atoms with Crippen molar-refractivity contribution < 1.29 is 4.42 Å². The van der Waals surface area contributed by atoms with Gasteiger partial charge in [-0.25, -0.2) is 4.98 Å². The topological polar surface area (TPSA) is 56.3 Å². The van der Waals surface area contributed by atoms with Crippen molar-refractivity contribution in [2.45, 2.75) is 19.8 Å². The minimum atomic E-state index is 0.414. The van der Waals surface area contributed by atoms with Gasteiger partial charge in [0.15, 0.2) is 5.89 Å². The van der Waals surface area contributed by atoms with Crippen molar-refractivity contribution in [2.24, 2.45) is 0 Å². The number of aromatic nitrogens is 1. The van der Waals surface area contributed by atoms with Gasteiger partial charge >= 0.3 is 0 Å². The molecule has 2 aromatic rings. The predicted molar refractivity (Wildman–Crippen MR) is 86.1 cm³/mol. The van der Waals surface area contributed by atoms with Gasteiger partial charge in [0, 0.05) is 38.3 Å². The Labute approximate surface area is 130 Å². The average molecular weight is 296 g/mol. The largest absolute Gasteiger partial charge is 0.424 e. The summed E-state index contributed by atoms with van der Waals surface area (Å²) in [4.78, 5) is 8.77. The Balaban J connectivity index is 1.70. The van der Waals surface area contributed by atoms with Crippen LogP contribution in [0, 0.1) is 11.3 Å². The number of anilines is 2. The number of rotatable bonds is 4. The Morgan fingerprint density at radius 2 is 1.82 bits per heavy atom. The summed E-state index contributed by atoms with van der Waals surface area (Å²) in [6.45, 7) is 5.58. The lowest BCUT2D eigenvalue weighted by atomic mass is 10.2. The van der Waals surface area contributed by atoms with Crippen LogP contribution in [-0.4, -0.2) is 31.2 Å². The van der Waals surface area contributed by atoms with Gasteiger partial charge in [0.1, 0.15) is 6.07 Å². The Kier molecular flexibility index (Phi) is 4.29. The number of aryl methyl sites for hydroxylation is 1. The maximum absolute atomic E-state index is 9.25. The molecule has 22 heavy (non-hydrogen) atoms. The Morgan fingerprint density at radius 1 is 1.14 bits per heavy atom. The van der Waals surface area contributed by atoms with Gasteiger partial charge in [0.05, 0.1) is 0 Å². The second kappa shape index (κ2) is 6.52. The summed E-state index contributed by atoms with van der Waals surface area (Å²) in [6, 6.07) is 12.6. The van der Waals surface area contributed by atoms with Gasteiger partial charge in [-0.3, -0.25) is 0 Å². The summed E-state index contributed by atoms with van der Waals surface area (Å²) in [5, 5.41) is 9.25. The molecule has 0 bridgehead atoms. The Hall–Kier alpha value is -2.48. The molecule has 5 heteroatoms. The number of piperazine rings is 1. The third-order valence-electron chi connectivity index (χ3n) is 3.91. The van der Waals surface area contributed by atoms with Crippen molar-refractivity contribution in [3.05, 3.63) is 41.9 Å². The molecule has 5 nitrogen and oxygen atoms in total. The van der Waals surface area contributed by atoms with Gasteiger partial charge in [-0.15, -0.1) is 0 Å². The summed E-state index contributed by atoms with van der Waals surface area (Å²) in [6.07, 6.45) is 1.74. The van der Waals surface area contributed by atoms with Crippen molar-refractivity contribution in [1.82, 2.24) is 4.98 Å². The third-order valence-corrected chi connectivity index (χ3v) is 3.91. The molecule has 0 N–H and O–H groups in total. The second-order valence-electron chi connectivity index (χ2n) is 5.43. The zero-order valence-corrected chi connectivity index (χ0v) is 12.8. The molecule has 1 fully saturated rings. The first-order chi connectivity index (χ1) is 10.8. The standard InChI is InChI=1S/C17H20N4O/c1-2-6-16-19-15(13-18)17(22-16)21-11-9-20(10-12-21)14-7-4-3-5-8-14/h3-5,7-8H,2,6,9-12H2,1H3. The van der Waals surface area contributed by atoms with E-state index in [-0.39, 0.29) is 0 Å². The molecular formula is C17H20N4O. The lowest BCUT2D eigenvalue weighted by Crippen LogP contribution is -2.46. The molecule has 1 saturated heterocycles. The number of nitrogens with zero attached hydrogens (tertiary/aromatic N) is 4. The van der Waals surface area contributed by atoms with E-state index in [1.807, 2.05) is 6.07 Å². The summed E-state index contributed by atoms with van der Waals surface area (Å²) in [7, 11) is 0. The number of hydrogen-bond donors (Lipinski definition) is 0. The SMILES string of the molecule is CCCc1nc(C#N)c(N2CCN(c3ccccc3)CC2)o1. The van der Waals surface area contributed by atoms with Gasteiger partial charge in [0.25, 0.3) is 0 Å². The molecule has 0 unspecified atom stereocenters. The number of benzene rings is 1. The fourth-order valence-corrected chi connectivity index (χ4v) is 2.77. The first kappa shape index (κ1) is 14.5. The molecule has 114 valence electrons. The van der Waals surface area contributed by atoms with Crippen LogP contribution < -0.4 is 9.80 Å². The lowest BCUT2D eigenvalue weighted by Gasteiger charge is -2.35. The van der Waals surface area contributed by atoms with Crippen molar-refractivity contribution in [2.75, 3.05) is 36.0 Å². The number of nitriles is 1. The smallest absolute Gasteiger partial charge is 0.234 e. The zero-order chi connectivity index (χ0) is 15.4. The van der Waals surface area contributed by atoms with Crippen LogP contribution in [0.5, 0.6) is 0 Å². The van der Waals surface area contributed by atoms with Crippen molar-refractivity contribution in [1.29, 1.82) is 5.26 Å². The molecule has 0 aliphatic carbocycles. The van der Waals surface area contributed by atoms with E-state index < -0.39 is 0 Å². The van der Waals surface area contributed by atoms with E-state index >= 15 is 0 Å². The molecule has 0 saturated carbocycles. The molecular weight excluding hydrogens is 276 g/mol. The van der Waals surface area contributed by atoms with E-state index in [1.165, 1.54) is 5.69 Å². The number of oxazole rings is 1. The van der Waals surface area contributed by atoms with Crippen LogP contribution in [0.2, 0.25) is 0 Å². The quantitative estimate of drug-likeness (QED) is 0.868. The minimum Gasteiger partial charge on any atom is -0.424 e. The third kappa shape index (κ3) is 2.91. The number of para-hydroxylation sites is 1. The van der Waals surface area contributed by atoms with Gasteiger partial charge in [-0.2, -0.15) is 5.26 Å². The van der Waals surface area contributed by atoms with Crippen LogP contribution >= 0.6 is 0 Å². The summed E-state index contributed by atoms with van der Waals surface area (Å²) in [5.74, 6) is 1.30. The fraction of sp³-hybridized carbons (Fsp3) is 0.412. The van der Waals surface area contributed by atoms with E-state index in [1.54, 1.807) is 0 Å². The molecule has 0 amide bonds. The van der Waals surface area contributed by atoms with Gasteiger partial charge < -0.3 is 14.2 Å². The molecule has 1 aliphatic heterocycles. The number of hydrogen-bond acceptors (Lipinski definition) is 5. The van der Waals surface area contributed by atoms with E-state index in [2.05, 4.69) is 52.0 Å². The average Bonchev–Trinajstić information content (AvgIpc) is 2.99. The first-order valence-electron chi connectivity index (χ1n) is 7.76. The normalized spacial score (nSPS) is 14.9. The first-order valence-corrected chi connectivity index (χ1v) is 7.76. The molecule has 2 heterocycles. The van der Waals surface area contributed by atoms with Gasteiger partial charge in [-0.05, 0) is 18.6 Å². The van der Waals surface area contributed by atoms with Crippen molar-refractivity contribution in [3.8, 4) is 6.07 Å². The Bertz CT molecular complexity index is 651. The van der Waals surface area contributed by atoms with E-state index in [0.717, 1.165) is 39.0 Å². The zero-order valence-electron chi connectivity index (χ0n) is 12.8. The van der Waals surface area contributed by atoms with Crippen LogP contribution in [0.4, 0.5) is 11.6 Å². The highest BCUT2D eigenvalue weighted by Gasteiger charge is 2.24. The van der Waals surface area contributed by atoms with Gasteiger partial charge in [0.2, 0.25) is 11.6 Å². The van der Waals surface area contributed by atoms with Crippen LogP contribution in [0.15, 0.2) is 34.7 Å². The monoisotopic (exact) mass is 296 g/mol. The summed E-state index contributed by atoms with van der Waals surface area (Å²) in [5.41, 5.74) is 1.66. The minimum absolute atomic E-state index is 0.414. The molecule has 0 spiro atoms. The van der Waals surface area contributed by atoms with E-state index in [9.17, 15) is 5.26 Å². The molecule has 3 rings (SSSR count). The maximum Gasteiger partial charge on any atom is 0.234 e. The molecule has 1 aromatic carbocycles. The van der Waals surface area contributed by atoms with Crippen LogP contribution in [0.1, 0.15) is 24.9 Å². The predicted octanol–water partition coefficient (Wildman–Crippen LogP) is 2.83. The lowest BCUT2D eigenvalue weighted by molar-refractivity contribution is 0.474. The van der Waals surface area contributed by atoms with E-state index in [0.29, 0.717) is 17.5 Å². The van der Waals surface area contributed by atoms with E-state index in [4.69, 9.17) is 4.42 Å². The highest BCUT2D eigenvalue weighted by atomic mass is 16.4. The Morgan fingerprint density at radius 3 is 2.45 bits per heavy atom. The van der Waals surface area contributed by atoms with Crippen LogP contribution in [-0.2, 0) is 6.42 Å². The second-order valence-corrected chi connectivity index (χ2v) is 5.43. The fourth-order valence-electron chi connectivity index (χ4n) is 2.77. The van der Waals surface area contributed by atoms with Gasteiger partial charge in [-0.1, -0.05) is 25.1 Å². The molecule has 0 atom stereocenters. The molecule has 0 radical (unpaired) electrons. The maximum atomic E-state index is 9.25. The highest BCUT2D eigenvalue weighted by Crippen LogP contribution is 2.25. The van der Waals surface area contributed by atoms with Crippen molar-refractivity contribution >= 4 is 11.6 Å². The molecule has 1 aromatic heterocycles.